The first-order valence-corrected chi connectivity index (χ1v) is 36.1. The number of rotatable bonds is 67. The molecule has 2 atom stereocenters. The van der Waals surface area contributed by atoms with Crippen molar-refractivity contribution in [3.05, 3.63) is 60.8 Å². The van der Waals surface area contributed by atoms with Crippen LogP contribution in [-0.4, -0.2) is 47.4 Å². The van der Waals surface area contributed by atoms with Crippen molar-refractivity contribution in [3.8, 4) is 0 Å². The van der Waals surface area contributed by atoms with Gasteiger partial charge in [0.1, 0.15) is 0 Å². The van der Waals surface area contributed by atoms with Crippen LogP contribution in [0.1, 0.15) is 380 Å². The Balaban J connectivity index is 3.41. The van der Waals surface area contributed by atoms with Gasteiger partial charge in [-0.2, -0.15) is 0 Å². The molecule has 6 nitrogen and oxygen atoms in total. The lowest BCUT2D eigenvalue weighted by Gasteiger charge is -2.20. The van der Waals surface area contributed by atoms with Gasteiger partial charge < -0.3 is 20.3 Å². The molecule has 0 saturated carbocycles. The number of hydrogen-bond acceptors (Lipinski definition) is 5. The van der Waals surface area contributed by atoms with Crippen LogP contribution >= 0.6 is 0 Å². The highest BCUT2D eigenvalue weighted by molar-refractivity contribution is 5.76. The summed E-state index contributed by atoms with van der Waals surface area (Å²) in [5.41, 5.74) is 0. The summed E-state index contributed by atoms with van der Waals surface area (Å²) in [6.45, 7) is 4.89. The van der Waals surface area contributed by atoms with E-state index in [-0.39, 0.29) is 18.5 Å². The Morgan fingerprint density at radius 2 is 0.617 bits per heavy atom. The van der Waals surface area contributed by atoms with Crippen molar-refractivity contribution in [2.45, 2.75) is 392 Å². The SMILES string of the molecule is CCCCC/C=C\C/C=C\CCCCCCCCCC(=O)OCCCCCCCCCCC/C=C\C/C=C\CCCCCCCCCCCCCCCCCC(=O)NC(CO)C(O)/C=C/CCCCCCCCCCCCCCCC. The second-order valence-electron chi connectivity index (χ2n) is 24.6. The van der Waals surface area contributed by atoms with Gasteiger partial charge in [-0.25, -0.2) is 0 Å². The number of carbonyl (C=O) groups excluding carboxylic acids is 2. The van der Waals surface area contributed by atoms with Crippen molar-refractivity contribution in [1.29, 1.82) is 0 Å². The van der Waals surface area contributed by atoms with Gasteiger partial charge in [0.2, 0.25) is 5.91 Å². The molecule has 0 aliphatic carbocycles. The van der Waals surface area contributed by atoms with Crippen molar-refractivity contribution in [3.63, 3.8) is 0 Å². The summed E-state index contributed by atoms with van der Waals surface area (Å²) < 4.78 is 5.49. The van der Waals surface area contributed by atoms with E-state index in [2.05, 4.69) is 67.8 Å². The number of nitrogens with one attached hydrogen (secondary N) is 1. The van der Waals surface area contributed by atoms with Crippen molar-refractivity contribution in [2.24, 2.45) is 0 Å². The van der Waals surface area contributed by atoms with E-state index < -0.39 is 12.1 Å². The lowest BCUT2D eigenvalue weighted by atomic mass is 10.0. The van der Waals surface area contributed by atoms with E-state index in [1.54, 1.807) is 6.08 Å². The number of allylic oxidation sites excluding steroid dienone is 9. The van der Waals surface area contributed by atoms with Gasteiger partial charge in [0.25, 0.3) is 0 Å². The van der Waals surface area contributed by atoms with Gasteiger partial charge >= 0.3 is 5.97 Å². The summed E-state index contributed by atoms with van der Waals surface area (Å²) in [7, 11) is 0. The molecule has 0 radical (unpaired) electrons. The Morgan fingerprint density at radius 3 is 0.963 bits per heavy atom. The molecule has 0 aromatic rings. The van der Waals surface area contributed by atoms with Gasteiger partial charge in [-0.05, 0) is 96.3 Å². The minimum absolute atomic E-state index is 0.00501. The molecule has 0 heterocycles. The van der Waals surface area contributed by atoms with Gasteiger partial charge in [0, 0.05) is 12.8 Å². The zero-order valence-electron chi connectivity index (χ0n) is 54.3. The average Bonchev–Trinajstić information content (AvgIpc) is 3.47. The van der Waals surface area contributed by atoms with Crippen molar-refractivity contribution >= 4 is 11.9 Å². The number of amides is 1. The van der Waals surface area contributed by atoms with Crippen LogP contribution in [-0.2, 0) is 14.3 Å². The Labute approximate surface area is 505 Å². The number of hydrogen-bond donors (Lipinski definition) is 3. The normalized spacial score (nSPS) is 12.9. The maximum atomic E-state index is 12.5. The van der Waals surface area contributed by atoms with E-state index in [4.69, 9.17) is 4.74 Å². The van der Waals surface area contributed by atoms with E-state index >= 15 is 0 Å². The van der Waals surface area contributed by atoms with Crippen molar-refractivity contribution in [2.75, 3.05) is 13.2 Å². The minimum Gasteiger partial charge on any atom is -0.466 e. The van der Waals surface area contributed by atoms with Crippen LogP contribution in [0.5, 0.6) is 0 Å². The fraction of sp³-hybridized carbons (Fsp3) is 0.840. The number of esters is 1. The highest BCUT2D eigenvalue weighted by Crippen LogP contribution is 2.18. The zero-order valence-corrected chi connectivity index (χ0v) is 54.3. The molecule has 0 aliphatic heterocycles. The van der Waals surface area contributed by atoms with Crippen LogP contribution in [0.4, 0.5) is 0 Å². The maximum Gasteiger partial charge on any atom is 0.305 e. The van der Waals surface area contributed by atoms with E-state index in [0.29, 0.717) is 19.4 Å². The maximum absolute atomic E-state index is 12.5. The molecule has 81 heavy (non-hydrogen) atoms. The van der Waals surface area contributed by atoms with Crippen LogP contribution in [0.2, 0.25) is 0 Å². The van der Waals surface area contributed by atoms with Crippen LogP contribution in [0, 0.1) is 0 Å². The number of aliphatic hydroxyl groups excluding tert-OH is 2. The standard InChI is InChI=1S/C75H139NO5/c1-3-5-7-9-11-13-15-17-19-36-41-45-49-53-57-61-65-69-75(80)81-70-66-62-58-54-50-46-42-38-35-33-31-29-27-25-23-21-22-24-26-28-30-32-34-37-40-44-48-52-56-60-64-68-74(79)76-72(71-77)73(78)67-63-59-55-51-47-43-39-20-18-16-14-12-10-8-6-4-2/h11,13,17,19,23,25,29,31,63,67,72-73,77-78H,3-10,12,14-16,18,20-22,24,26-28,30,32-62,64-66,68-71H2,1-2H3,(H,76,79)/b13-11-,19-17-,25-23-,31-29-,67-63+. The molecule has 6 heteroatoms. The van der Waals surface area contributed by atoms with E-state index in [1.165, 1.54) is 295 Å². The molecule has 0 aromatic heterocycles. The second kappa shape index (κ2) is 70.0. The number of aliphatic hydroxyl groups is 2. The number of unbranched alkanes of at least 4 members (excludes halogenated alkanes) is 48. The fourth-order valence-corrected chi connectivity index (χ4v) is 11.0. The Bertz CT molecular complexity index is 1400. The summed E-state index contributed by atoms with van der Waals surface area (Å²) in [6.07, 6.45) is 93.0. The Morgan fingerprint density at radius 1 is 0.346 bits per heavy atom. The molecule has 0 fully saturated rings. The van der Waals surface area contributed by atoms with Crippen LogP contribution in [0.25, 0.3) is 0 Å². The lowest BCUT2D eigenvalue weighted by molar-refractivity contribution is -0.143. The third kappa shape index (κ3) is 66.6. The molecule has 3 N–H and O–H groups in total. The lowest BCUT2D eigenvalue weighted by Crippen LogP contribution is -2.45. The van der Waals surface area contributed by atoms with Gasteiger partial charge in [0.05, 0.1) is 25.4 Å². The largest absolute Gasteiger partial charge is 0.466 e. The number of carbonyl (C=O) groups is 2. The molecule has 0 aliphatic rings. The third-order valence-electron chi connectivity index (χ3n) is 16.5. The molecular formula is C75H139NO5. The molecule has 2 unspecified atom stereocenters. The van der Waals surface area contributed by atoms with Crippen LogP contribution < -0.4 is 5.32 Å². The van der Waals surface area contributed by atoms with Crippen molar-refractivity contribution < 1.29 is 24.5 Å². The summed E-state index contributed by atoms with van der Waals surface area (Å²) in [4.78, 5) is 24.6. The Hall–Kier alpha value is -2.44. The van der Waals surface area contributed by atoms with Gasteiger partial charge in [-0.15, -0.1) is 0 Å². The van der Waals surface area contributed by atoms with E-state index in [9.17, 15) is 19.8 Å². The van der Waals surface area contributed by atoms with Gasteiger partial charge in [0.15, 0.2) is 0 Å². The average molecular weight is 1130 g/mol. The molecule has 0 spiro atoms. The fourth-order valence-electron chi connectivity index (χ4n) is 11.0. The van der Waals surface area contributed by atoms with E-state index in [1.807, 2.05) is 6.08 Å². The quantitative estimate of drug-likeness (QED) is 0.0320. The highest BCUT2D eigenvalue weighted by atomic mass is 16.5. The van der Waals surface area contributed by atoms with Crippen LogP contribution in [0.3, 0.4) is 0 Å². The Kier molecular flexibility index (Phi) is 67.9. The van der Waals surface area contributed by atoms with Crippen LogP contribution in [0.15, 0.2) is 60.8 Å². The topological polar surface area (TPSA) is 95.9 Å². The molecule has 0 rings (SSSR count). The van der Waals surface area contributed by atoms with Crippen molar-refractivity contribution in [1.82, 2.24) is 5.32 Å². The summed E-state index contributed by atoms with van der Waals surface area (Å²) in [5, 5.41) is 23.2. The first-order valence-electron chi connectivity index (χ1n) is 36.1. The zero-order chi connectivity index (χ0) is 58.5. The number of ether oxygens (including phenoxy) is 1. The first-order chi connectivity index (χ1) is 40.0. The van der Waals surface area contributed by atoms with E-state index in [0.717, 1.165) is 57.8 Å². The summed E-state index contributed by atoms with van der Waals surface area (Å²) in [5.74, 6) is -0.0606. The minimum atomic E-state index is -0.845. The molecular weight excluding hydrogens is 995 g/mol. The predicted molar refractivity (Wildman–Crippen MR) is 356 cm³/mol. The second-order valence-corrected chi connectivity index (χ2v) is 24.6. The third-order valence-corrected chi connectivity index (χ3v) is 16.5. The smallest absolute Gasteiger partial charge is 0.305 e. The molecule has 474 valence electrons. The molecule has 0 saturated heterocycles. The molecule has 0 bridgehead atoms. The van der Waals surface area contributed by atoms with Gasteiger partial charge in [-0.3, -0.25) is 9.59 Å². The highest BCUT2D eigenvalue weighted by Gasteiger charge is 2.18. The molecule has 0 aromatic carbocycles. The predicted octanol–water partition coefficient (Wildman–Crippen LogP) is 23.4. The summed E-state index contributed by atoms with van der Waals surface area (Å²) in [6, 6.07) is -0.628. The summed E-state index contributed by atoms with van der Waals surface area (Å²) >= 11 is 0. The first kappa shape index (κ1) is 78.6. The van der Waals surface area contributed by atoms with Gasteiger partial charge in [-0.1, -0.05) is 331 Å². The monoisotopic (exact) mass is 1130 g/mol. The molecule has 1 amide bonds.